The molecular weight excluding hydrogens is 277 g/mol. The molecule has 0 radical (unpaired) electrons. The zero-order valence-corrected chi connectivity index (χ0v) is 12.6. The zero-order valence-electron chi connectivity index (χ0n) is 12.6. The van der Waals surface area contributed by atoms with Gasteiger partial charge in [-0.25, -0.2) is 4.39 Å². The van der Waals surface area contributed by atoms with E-state index in [1.54, 1.807) is 14.0 Å². The van der Waals surface area contributed by atoms with Crippen LogP contribution in [0.2, 0.25) is 0 Å². The average Bonchev–Trinajstić information content (AvgIpc) is 2.43. The van der Waals surface area contributed by atoms with Gasteiger partial charge in [0.1, 0.15) is 11.6 Å². The van der Waals surface area contributed by atoms with Gasteiger partial charge in [-0.05, 0) is 32.4 Å². The molecule has 2 atom stereocenters. The van der Waals surface area contributed by atoms with Crippen molar-refractivity contribution in [3.63, 3.8) is 0 Å². The lowest BCUT2D eigenvalue weighted by atomic mass is 10.1. The van der Waals surface area contributed by atoms with Gasteiger partial charge in [0.25, 0.3) is 5.91 Å². The number of nitrogens with one attached hydrogen (secondary N) is 1. The molecule has 6 heteroatoms. The topological polar surface area (TPSA) is 67.8 Å². The Balaban J connectivity index is 2.52. The lowest BCUT2D eigenvalue weighted by Gasteiger charge is -2.15. The number of ether oxygens (including phenoxy) is 2. The van der Waals surface area contributed by atoms with Crippen molar-refractivity contribution >= 4 is 5.91 Å². The van der Waals surface area contributed by atoms with E-state index >= 15 is 0 Å². The number of benzene rings is 1. The van der Waals surface area contributed by atoms with E-state index in [4.69, 9.17) is 9.47 Å². The highest BCUT2D eigenvalue weighted by Gasteiger charge is 2.15. The van der Waals surface area contributed by atoms with Crippen LogP contribution in [0.15, 0.2) is 18.2 Å². The maximum absolute atomic E-state index is 13.7. The van der Waals surface area contributed by atoms with E-state index in [9.17, 15) is 14.3 Å². The van der Waals surface area contributed by atoms with Crippen LogP contribution < -0.4 is 10.1 Å². The molecule has 1 aromatic carbocycles. The highest BCUT2D eigenvalue weighted by Crippen LogP contribution is 2.22. The molecule has 0 bridgehead atoms. The SMILES string of the molecule is COCCCNC(=O)C(C)Oc1ccc(C(C)O)c(F)c1. The molecule has 0 aliphatic rings. The molecule has 1 amide bonds. The number of hydrogen-bond acceptors (Lipinski definition) is 4. The Labute approximate surface area is 124 Å². The molecule has 5 nitrogen and oxygen atoms in total. The van der Waals surface area contributed by atoms with E-state index in [0.717, 1.165) is 6.07 Å². The van der Waals surface area contributed by atoms with Crippen LogP contribution >= 0.6 is 0 Å². The van der Waals surface area contributed by atoms with Crippen LogP contribution in [0.5, 0.6) is 5.75 Å². The number of aliphatic hydroxyl groups excluding tert-OH is 1. The smallest absolute Gasteiger partial charge is 0.260 e. The fourth-order valence-electron chi connectivity index (χ4n) is 1.75. The van der Waals surface area contributed by atoms with Gasteiger partial charge in [0.2, 0.25) is 0 Å². The number of rotatable bonds is 8. The summed E-state index contributed by atoms with van der Waals surface area (Å²) < 4.78 is 23.9. The van der Waals surface area contributed by atoms with Gasteiger partial charge in [-0.3, -0.25) is 4.79 Å². The molecule has 0 fully saturated rings. The number of aliphatic hydroxyl groups is 1. The lowest BCUT2D eigenvalue weighted by Crippen LogP contribution is -2.37. The van der Waals surface area contributed by atoms with Gasteiger partial charge >= 0.3 is 0 Å². The van der Waals surface area contributed by atoms with Crippen molar-refractivity contribution < 1.29 is 23.8 Å². The van der Waals surface area contributed by atoms with Crippen molar-refractivity contribution in [1.82, 2.24) is 5.32 Å². The van der Waals surface area contributed by atoms with Crippen LogP contribution in [-0.4, -0.2) is 37.4 Å². The number of hydrogen-bond donors (Lipinski definition) is 2. The molecule has 21 heavy (non-hydrogen) atoms. The third kappa shape index (κ3) is 5.69. The fourth-order valence-corrected chi connectivity index (χ4v) is 1.75. The summed E-state index contributed by atoms with van der Waals surface area (Å²) in [6.07, 6.45) is -0.906. The first-order valence-corrected chi connectivity index (χ1v) is 6.86. The second-order valence-electron chi connectivity index (χ2n) is 4.76. The van der Waals surface area contributed by atoms with Crippen LogP contribution in [0.25, 0.3) is 0 Å². The summed E-state index contributed by atoms with van der Waals surface area (Å²) in [6, 6.07) is 4.13. The van der Waals surface area contributed by atoms with Gasteiger partial charge in [0.15, 0.2) is 6.10 Å². The maximum atomic E-state index is 13.7. The van der Waals surface area contributed by atoms with Crippen molar-refractivity contribution in [2.75, 3.05) is 20.3 Å². The number of amides is 1. The van der Waals surface area contributed by atoms with Crippen molar-refractivity contribution in [1.29, 1.82) is 0 Å². The van der Waals surface area contributed by atoms with E-state index in [-0.39, 0.29) is 17.2 Å². The molecule has 0 saturated carbocycles. The third-order valence-electron chi connectivity index (χ3n) is 2.93. The van der Waals surface area contributed by atoms with Crippen molar-refractivity contribution in [3.05, 3.63) is 29.6 Å². The summed E-state index contributed by atoms with van der Waals surface area (Å²) >= 11 is 0. The molecule has 0 aliphatic heterocycles. The summed E-state index contributed by atoms with van der Waals surface area (Å²) in [5.41, 5.74) is 0.194. The molecule has 0 aromatic heterocycles. The van der Waals surface area contributed by atoms with Gasteiger partial charge in [-0.2, -0.15) is 0 Å². The van der Waals surface area contributed by atoms with Gasteiger partial charge in [0, 0.05) is 31.9 Å². The summed E-state index contributed by atoms with van der Waals surface area (Å²) in [5, 5.41) is 12.1. The van der Waals surface area contributed by atoms with Crippen LogP contribution in [0.3, 0.4) is 0 Å². The second kappa shape index (κ2) is 8.59. The van der Waals surface area contributed by atoms with Crippen molar-refractivity contribution in [2.45, 2.75) is 32.5 Å². The maximum Gasteiger partial charge on any atom is 0.260 e. The quantitative estimate of drug-likeness (QED) is 0.718. The van der Waals surface area contributed by atoms with E-state index < -0.39 is 18.0 Å². The molecule has 1 rings (SSSR count). The predicted octanol–water partition coefficient (Wildman–Crippen LogP) is 1.80. The van der Waals surface area contributed by atoms with Crippen LogP contribution in [-0.2, 0) is 9.53 Å². The molecule has 1 aromatic rings. The average molecular weight is 299 g/mol. The number of methoxy groups -OCH3 is 1. The summed E-state index contributed by atoms with van der Waals surface area (Å²) in [6.45, 7) is 4.14. The third-order valence-corrected chi connectivity index (χ3v) is 2.93. The van der Waals surface area contributed by atoms with Gasteiger partial charge < -0.3 is 19.9 Å². The number of carbonyl (C=O) groups is 1. The van der Waals surface area contributed by atoms with Crippen LogP contribution in [0, 0.1) is 5.82 Å². The molecule has 0 spiro atoms. The summed E-state index contributed by atoms with van der Waals surface area (Å²) in [4.78, 5) is 11.8. The Morgan fingerprint density at radius 3 is 2.71 bits per heavy atom. The van der Waals surface area contributed by atoms with Crippen molar-refractivity contribution in [3.8, 4) is 5.75 Å². The molecule has 0 heterocycles. The minimum absolute atomic E-state index is 0.194. The molecular formula is C15H22FNO4. The monoisotopic (exact) mass is 299 g/mol. The standard InChI is InChI=1S/C15H22FNO4/c1-10(18)13-6-5-12(9-14(13)16)21-11(2)15(19)17-7-4-8-20-3/h5-6,9-11,18H,4,7-8H2,1-3H3,(H,17,19). The van der Waals surface area contributed by atoms with Gasteiger partial charge in [0.05, 0.1) is 6.10 Å². The fraction of sp³-hybridized carbons (Fsp3) is 0.533. The Morgan fingerprint density at radius 1 is 1.43 bits per heavy atom. The Morgan fingerprint density at radius 2 is 2.14 bits per heavy atom. The molecule has 2 unspecified atom stereocenters. The molecule has 0 saturated heterocycles. The van der Waals surface area contributed by atoms with Crippen LogP contribution in [0.1, 0.15) is 31.9 Å². The second-order valence-corrected chi connectivity index (χ2v) is 4.76. The first kappa shape index (κ1) is 17.4. The normalized spacial score (nSPS) is 13.6. The van der Waals surface area contributed by atoms with Gasteiger partial charge in [-0.1, -0.05) is 0 Å². The van der Waals surface area contributed by atoms with Gasteiger partial charge in [-0.15, -0.1) is 0 Å². The van der Waals surface area contributed by atoms with E-state index in [2.05, 4.69) is 5.32 Å². The van der Waals surface area contributed by atoms with Crippen LogP contribution in [0.4, 0.5) is 4.39 Å². The number of carbonyl (C=O) groups excluding carboxylic acids is 1. The first-order chi connectivity index (χ1) is 9.95. The first-order valence-electron chi connectivity index (χ1n) is 6.86. The van der Waals surface area contributed by atoms with E-state index in [1.165, 1.54) is 19.1 Å². The summed E-state index contributed by atoms with van der Waals surface area (Å²) in [7, 11) is 1.60. The number of halogens is 1. The highest BCUT2D eigenvalue weighted by atomic mass is 19.1. The van der Waals surface area contributed by atoms with E-state index in [1.807, 2.05) is 0 Å². The lowest BCUT2D eigenvalue weighted by molar-refractivity contribution is -0.127. The molecule has 0 aliphatic carbocycles. The minimum Gasteiger partial charge on any atom is -0.481 e. The minimum atomic E-state index is -0.888. The summed E-state index contributed by atoms with van der Waals surface area (Å²) in [5.74, 6) is -0.585. The molecule has 2 N–H and O–H groups in total. The largest absolute Gasteiger partial charge is 0.481 e. The van der Waals surface area contributed by atoms with Crippen molar-refractivity contribution in [2.24, 2.45) is 0 Å². The Kier molecular flexibility index (Phi) is 7.11. The molecule has 118 valence electrons. The predicted molar refractivity (Wildman–Crippen MR) is 76.6 cm³/mol. The Bertz CT molecular complexity index is 465. The zero-order chi connectivity index (χ0) is 15.8. The highest BCUT2D eigenvalue weighted by molar-refractivity contribution is 5.80. The van der Waals surface area contributed by atoms with E-state index in [0.29, 0.717) is 19.6 Å². The Hall–Kier alpha value is -1.66.